The third kappa shape index (κ3) is 7.23. The van der Waals surface area contributed by atoms with Crippen molar-refractivity contribution in [1.82, 2.24) is 10.3 Å². The standard InChI is InChI=1S/C30H33F3N2O4/c1-28(2,3)21-15-19(16-22(25(21)37)29(4,5)6)24(36)26(39-27(38)30(31,32)33)35-17-23-20(13-10-14-34-23)18-11-8-7-9-12-18/h7-16,26,35,37H,17H2,1-6H3. The summed E-state index contributed by atoms with van der Waals surface area (Å²) in [4.78, 5) is 29.8. The minimum atomic E-state index is -5.30. The predicted octanol–water partition coefficient (Wildman–Crippen LogP) is 6.45. The molecule has 1 heterocycles. The minimum Gasteiger partial charge on any atom is -0.507 e. The molecule has 1 aromatic heterocycles. The molecule has 2 aromatic carbocycles. The highest BCUT2D eigenvalue weighted by Crippen LogP contribution is 2.40. The summed E-state index contributed by atoms with van der Waals surface area (Å²) < 4.78 is 44.1. The van der Waals surface area contributed by atoms with Gasteiger partial charge in [0.1, 0.15) is 5.75 Å². The number of hydrogen-bond acceptors (Lipinski definition) is 6. The molecule has 0 radical (unpaired) electrons. The summed E-state index contributed by atoms with van der Waals surface area (Å²) in [6, 6.07) is 15.6. The number of benzene rings is 2. The van der Waals surface area contributed by atoms with Gasteiger partial charge in [0, 0.05) is 35.0 Å². The van der Waals surface area contributed by atoms with Crippen molar-refractivity contribution in [2.24, 2.45) is 0 Å². The molecule has 0 bridgehead atoms. The van der Waals surface area contributed by atoms with Gasteiger partial charge in [-0.05, 0) is 34.6 Å². The number of esters is 1. The highest BCUT2D eigenvalue weighted by Gasteiger charge is 2.43. The fourth-order valence-corrected chi connectivity index (χ4v) is 4.08. The van der Waals surface area contributed by atoms with Crippen LogP contribution < -0.4 is 5.32 Å². The van der Waals surface area contributed by atoms with E-state index in [-0.39, 0.29) is 17.9 Å². The summed E-state index contributed by atoms with van der Waals surface area (Å²) in [5, 5.41) is 13.6. The molecular formula is C30H33F3N2O4. The second kappa shape index (κ2) is 11.2. The molecule has 0 spiro atoms. The van der Waals surface area contributed by atoms with Crippen LogP contribution in [0, 0.1) is 0 Å². The molecule has 39 heavy (non-hydrogen) atoms. The van der Waals surface area contributed by atoms with E-state index in [1.165, 1.54) is 18.3 Å². The monoisotopic (exact) mass is 542 g/mol. The smallest absolute Gasteiger partial charge is 0.490 e. The van der Waals surface area contributed by atoms with Crippen molar-refractivity contribution in [1.29, 1.82) is 0 Å². The zero-order valence-corrected chi connectivity index (χ0v) is 22.8. The van der Waals surface area contributed by atoms with Gasteiger partial charge in [0.2, 0.25) is 12.0 Å². The number of phenolic OH excluding ortho intramolecular Hbond substituents is 1. The Balaban J connectivity index is 2.04. The van der Waals surface area contributed by atoms with Crippen molar-refractivity contribution < 1.29 is 32.6 Å². The highest BCUT2D eigenvalue weighted by atomic mass is 19.4. The van der Waals surface area contributed by atoms with Crippen LogP contribution in [0.3, 0.4) is 0 Å². The number of ether oxygens (including phenoxy) is 1. The number of carbonyl (C=O) groups excluding carboxylic acids is 2. The van der Waals surface area contributed by atoms with Crippen molar-refractivity contribution in [3.63, 3.8) is 0 Å². The Hall–Kier alpha value is -3.72. The van der Waals surface area contributed by atoms with Gasteiger partial charge in [0.25, 0.3) is 0 Å². The van der Waals surface area contributed by atoms with Crippen molar-refractivity contribution in [2.75, 3.05) is 0 Å². The van der Waals surface area contributed by atoms with Crippen LogP contribution in [-0.2, 0) is 26.9 Å². The number of ketones is 1. The molecule has 0 fully saturated rings. The normalized spacial score (nSPS) is 13.2. The number of halogens is 3. The van der Waals surface area contributed by atoms with Gasteiger partial charge in [-0.15, -0.1) is 0 Å². The Kier molecular flexibility index (Phi) is 8.55. The number of aromatic nitrogens is 1. The van der Waals surface area contributed by atoms with Crippen LogP contribution in [0.5, 0.6) is 5.75 Å². The lowest BCUT2D eigenvalue weighted by Crippen LogP contribution is -2.43. The fraction of sp³-hybridized carbons (Fsp3) is 0.367. The Labute approximate surface area is 226 Å². The summed E-state index contributed by atoms with van der Waals surface area (Å²) >= 11 is 0. The van der Waals surface area contributed by atoms with E-state index >= 15 is 0 Å². The largest absolute Gasteiger partial charge is 0.507 e. The van der Waals surface area contributed by atoms with E-state index in [0.29, 0.717) is 22.4 Å². The average molecular weight is 543 g/mol. The topological polar surface area (TPSA) is 88.5 Å². The van der Waals surface area contributed by atoms with Crippen LogP contribution in [0.1, 0.15) is 68.7 Å². The second-order valence-electron chi connectivity index (χ2n) is 11.3. The zero-order chi connectivity index (χ0) is 29.2. The van der Waals surface area contributed by atoms with E-state index in [1.54, 1.807) is 12.1 Å². The summed E-state index contributed by atoms with van der Waals surface area (Å²) in [7, 11) is 0. The van der Waals surface area contributed by atoms with Crippen molar-refractivity contribution in [3.05, 3.63) is 83.2 Å². The Morgan fingerprint density at radius 1 is 0.923 bits per heavy atom. The molecule has 9 heteroatoms. The van der Waals surface area contributed by atoms with Crippen molar-refractivity contribution in [2.45, 2.75) is 71.3 Å². The van der Waals surface area contributed by atoms with Gasteiger partial charge in [-0.3, -0.25) is 15.1 Å². The maximum atomic E-state index is 13.6. The first kappa shape index (κ1) is 29.8. The first-order valence-electron chi connectivity index (χ1n) is 12.4. The quantitative estimate of drug-likeness (QED) is 0.203. The third-order valence-corrected chi connectivity index (χ3v) is 6.13. The number of carbonyl (C=O) groups is 2. The molecule has 0 saturated heterocycles. The number of phenols is 1. The molecule has 6 nitrogen and oxygen atoms in total. The molecule has 0 aliphatic rings. The number of rotatable bonds is 7. The minimum absolute atomic E-state index is 0.000529. The first-order valence-corrected chi connectivity index (χ1v) is 12.4. The Morgan fingerprint density at radius 3 is 2.00 bits per heavy atom. The van der Waals surface area contributed by atoms with E-state index in [4.69, 9.17) is 0 Å². The third-order valence-electron chi connectivity index (χ3n) is 6.13. The van der Waals surface area contributed by atoms with Crippen LogP contribution in [0.15, 0.2) is 60.8 Å². The Morgan fingerprint density at radius 2 is 1.49 bits per heavy atom. The molecule has 0 aliphatic carbocycles. The molecule has 1 unspecified atom stereocenters. The maximum absolute atomic E-state index is 13.6. The summed E-state index contributed by atoms with van der Waals surface area (Å²) in [5.74, 6) is -3.38. The molecule has 2 N–H and O–H groups in total. The highest BCUT2D eigenvalue weighted by molar-refractivity contribution is 6.01. The van der Waals surface area contributed by atoms with Crippen LogP contribution in [0.25, 0.3) is 11.1 Å². The van der Waals surface area contributed by atoms with Gasteiger partial charge in [0.05, 0.1) is 5.69 Å². The lowest BCUT2D eigenvalue weighted by atomic mass is 9.78. The summed E-state index contributed by atoms with van der Waals surface area (Å²) in [6.07, 6.45) is -5.75. The number of pyridine rings is 1. The number of alkyl halides is 3. The fourth-order valence-electron chi connectivity index (χ4n) is 4.08. The number of Topliss-reactive ketones (excluding diaryl/α,β-unsaturated/α-hetero) is 1. The van der Waals surface area contributed by atoms with Crippen LogP contribution in [0.2, 0.25) is 0 Å². The number of hydrogen-bond donors (Lipinski definition) is 2. The van der Waals surface area contributed by atoms with Crippen molar-refractivity contribution >= 4 is 11.8 Å². The average Bonchev–Trinajstić information content (AvgIpc) is 2.84. The van der Waals surface area contributed by atoms with Gasteiger partial charge in [-0.2, -0.15) is 13.2 Å². The molecule has 0 saturated carbocycles. The molecule has 0 aliphatic heterocycles. The molecule has 1 atom stereocenters. The predicted molar refractivity (Wildman–Crippen MR) is 142 cm³/mol. The maximum Gasteiger partial charge on any atom is 0.490 e. The first-order chi connectivity index (χ1) is 18.0. The molecule has 0 amide bonds. The van der Waals surface area contributed by atoms with E-state index in [0.717, 1.165) is 5.56 Å². The lowest BCUT2D eigenvalue weighted by Gasteiger charge is -2.28. The van der Waals surface area contributed by atoms with Gasteiger partial charge in [0.15, 0.2) is 0 Å². The van der Waals surface area contributed by atoms with Crippen LogP contribution in [-0.4, -0.2) is 34.2 Å². The van der Waals surface area contributed by atoms with Gasteiger partial charge < -0.3 is 9.84 Å². The zero-order valence-electron chi connectivity index (χ0n) is 22.8. The SMILES string of the molecule is CC(C)(C)c1cc(C(=O)C(NCc2ncccc2-c2ccccc2)OC(=O)C(F)(F)F)cc(C(C)(C)C)c1O. The van der Waals surface area contributed by atoms with E-state index in [2.05, 4.69) is 15.0 Å². The second-order valence-corrected chi connectivity index (χ2v) is 11.3. The molecule has 208 valence electrons. The summed E-state index contributed by atoms with van der Waals surface area (Å²) in [6.45, 7) is 10.9. The van der Waals surface area contributed by atoms with E-state index < -0.39 is 35.0 Å². The Bertz CT molecular complexity index is 1310. The number of nitrogens with one attached hydrogen (secondary N) is 1. The molecule has 3 rings (SSSR count). The molecular weight excluding hydrogens is 509 g/mol. The number of nitrogens with zero attached hydrogens (tertiary/aromatic N) is 1. The van der Waals surface area contributed by atoms with Crippen molar-refractivity contribution in [3.8, 4) is 16.9 Å². The lowest BCUT2D eigenvalue weighted by molar-refractivity contribution is -0.203. The summed E-state index contributed by atoms with van der Waals surface area (Å²) in [5.41, 5.74) is 1.66. The van der Waals surface area contributed by atoms with Crippen LogP contribution in [0.4, 0.5) is 13.2 Å². The van der Waals surface area contributed by atoms with Gasteiger partial charge >= 0.3 is 12.1 Å². The number of aromatic hydroxyl groups is 1. The van der Waals surface area contributed by atoms with E-state index in [9.17, 15) is 27.9 Å². The molecule has 3 aromatic rings. The van der Waals surface area contributed by atoms with E-state index in [1.807, 2.05) is 71.9 Å². The van der Waals surface area contributed by atoms with Gasteiger partial charge in [-0.25, -0.2) is 4.79 Å². The van der Waals surface area contributed by atoms with Crippen LogP contribution >= 0.6 is 0 Å². The van der Waals surface area contributed by atoms with Gasteiger partial charge in [-0.1, -0.05) is 77.9 Å².